The first-order valence-electron chi connectivity index (χ1n) is 9.91. The van der Waals surface area contributed by atoms with Crippen LogP contribution in [0.4, 0.5) is 0 Å². The maximum atomic E-state index is 5.92. The molecule has 4 unspecified atom stereocenters. The third-order valence-electron chi connectivity index (χ3n) is 6.17. The molecule has 0 bridgehead atoms. The van der Waals surface area contributed by atoms with Gasteiger partial charge in [0.1, 0.15) is 5.76 Å². The Hall–Kier alpha value is -0.800. The molecule has 0 aromatic carbocycles. The number of halogens is 1. The molecular formula is C20H32IN3O3. The fourth-order valence-electron chi connectivity index (χ4n) is 4.62. The van der Waals surface area contributed by atoms with Gasteiger partial charge in [0.15, 0.2) is 5.96 Å². The largest absolute Gasteiger partial charge is 0.469 e. The summed E-state index contributed by atoms with van der Waals surface area (Å²) in [6, 6.07) is 4.35. The number of nitrogens with one attached hydrogen (secondary N) is 2. The van der Waals surface area contributed by atoms with Gasteiger partial charge in [0.25, 0.3) is 0 Å². The van der Waals surface area contributed by atoms with Crippen molar-refractivity contribution in [1.82, 2.24) is 10.6 Å². The van der Waals surface area contributed by atoms with Gasteiger partial charge >= 0.3 is 0 Å². The zero-order valence-corrected chi connectivity index (χ0v) is 18.6. The van der Waals surface area contributed by atoms with Crippen molar-refractivity contribution in [3.63, 3.8) is 0 Å². The standard InChI is InChI=1S/C20H31N3O3.HI/c1-20(2)17(16-7-11-26-18(16)20)23-19(22-12-14-6-10-24-13-14)21-8-5-15-4-3-9-25-15;/h3-4,9,14,16-18H,5-8,10-13H2,1-2H3,(H2,21,22,23);1H. The van der Waals surface area contributed by atoms with E-state index in [1.54, 1.807) is 6.26 Å². The summed E-state index contributed by atoms with van der Waals surface area (Å²) in [7, 11) is 0. The van der Waals surface area contributed by atoms with Crippen molar-refractivity contribution in [3.05, 3.63) is 24.2 Å². The van der Waals surface area contributed by atoms with Gasteiger partial charge in [-0.25, -0.2) is 0 Å². The Labute approximate surface area is 178 Å². The van der Waals surface area contributed by atoms with Crippen LogP contribution in [0.2, 0.25) is 0 Å². The van der Waals surface area contributed by atoms with Gasteiger partial charge in [-0.15, -0.1) is 24.0 Å². The predicted octanol–water partition coefficient (Wildman–Crippen LogP) is 2.83. The lowest BCUT2D eigenvalue weighted by atomic mass is 9.57. The van der Waals surface area contributed by atoms with Crippen molar-refractivity contribution >= 4 is 29.9 Å². The summed E-state index contributed by atoms with van der Waals surface area (Å²) in [4.78, 5) is 4.87. The molecule has 0 amide bonds. The van der Waals surface area contributed by atoms with Crippen LogP contribution in [0.15, 0.2) is 27.8 Å². The SMILES string of the molecule is CC1(C)C(NC(=NCC2CCOC2)NCCc2ccco2)C2CCOC21.I. The Balaban J connectivity index is 0.00000210. The minimum absolute atomic E-state index is 0. The van der Waals surface area contributed by atoms with Crippen molar-refractivity contribution in [2.24, 2.45) is 22.2 Å². The second-order valence-corrected chi connectivity index (χ2v) is 8.36. The molecule has 7 heteroatoms. The van der Waals surface area contributed by atoms with Crippen LogP contribution in [0.25, 0.3) is 0 Å². The Morgan fingerprint density at radius 2 is 2.19 bits per heavy atom. The Bertz CT molecular complexity index is 614. The first-order chi connectivity index (χ1) is 12.6. The maximum absolute atomic E-state index is 5.92. The highest BCUT2D eigenvalue weighted by atomic mass is 127. The van der Waals surface area contributed by atoms with Crippen LogP contribution in [0.1, 0.15) is 32.4 Å². The van der Waals surface area contributed by atoms with E-state index in [9.17, 15) is 0 Å². The first-order valence-corrected chi connectivity index (χ1v) is 9.91. The summed E-state index contributed by atoms with van der Waals surface area (Å²) in [6.45, 7) is 8.79. The fourth-order valence-corrected chi connectivity index (χ4v) is 4.62. The Kier molecular flexibility index (Phi) is 7.08. The molecule has 6 nitrogen and oxygen atoms in total. The van der Waals surface area contributed by atoms with Gasteiger partial charge in [-0.05, 0) is 25.0 Å². The highest BCUT2D eigenvalue weighted by Gasteiger charge is 2.59. The number of ether oxygens (including phenoxy) is 2. The molecule has 1 aliphatic carbocycles. The first kappa shape index (κ1) is 20.9. The van der Waals surface area contributed by atoms with E-state index in [1.165, 1.54) is 0 Å². The number of fused-ring (bicyclic) bond motifs is 1. The van der Waals surface area contributed by atoms with Gasteiger partial charge < -0.3 is 24.5 Å². The van der Waals surface area contributed by atoms with Crippen molar-refractivity contribution in [2.45, 2.75) is 45.3 Å². The van der Waals surface area contributed by atoms with Crippen LogP contribution in [0, 0.1) is 17.3 Å². The molecule has 4 rings (SSSR count). The number of hydrogen-bond acceptors (Lipinski definition) is 4. The van der Waals surface area contributed by atoms with Crippen molar-refractivity contribution in [1.29, 1.82) is 0 Å². The highest BCUT2D eigenvalue weighted by Crippen LogP contribution is 2.52. The molecule has 2 N–H and O–H groups in total. The summed E-state index contributed by atoms with van der Waals surface area (Å²) < 4.78 is 16.8. The van der Waals surface area contributed by atoms with Crippen molar-refractivity contribution in [3.8, 4) is 0 Å². The molecule has 0 spiro atoms. The summed E-state index contributed by atoms with van der Waals surface area (Å²) in [6.07, 6.45) is 5.20. The van der Waals surface area contributed by atoms with Gasteiger partial charge in [0.2, 0.25) is 0 Å². The Morgan fingerprint density at radius 1 is 1.30 bits per heavy atom. The zero-order valence-electron chi connectivity index (χ0n) is 16.3. The molecular weight excluding hydrogens is 457 g/mol. The summed E-state index contributed by atoms with van der Waals surface area (Å²) in [5.41, 5.74) is 0.140. The molecule has 27 heavy (non-hydrogen) atoms. The predicted molar refractivity (Wildman–Crippen MR) is 116 cm³/mol. The number of rotatable bonds is 6. The lowest BCUT2D eigenvalue weighted by Gasteiger charge is -2.55. The average molecular weight is 489 g/mol. The second kappa shape index (κ2) is 9.13. The number of nitrogens with zero attached hydrogens (tertiary/aromatic N) is 1. The van der Waals surface area contributed by atoms with Crippen molar-refractivity contribution in [2.75, 3.05) is 32.9 Å². The zero-order chi connectivity index (χ0) is 18.0. The smallest absolute Gasteiger partial charge is 0.191 e. The minimum Gasteiger partial charge on any atom is -0.469 e. The summed E-state index contributed by atoms with van der Waals surface area (Å²) in [5, 5.41) is 7.20. The van der Waals surface area contributed by atoms with E-state index in [0.29, 0.717) is 24.0 Å². The molecule has 4 atom stereocenters. The molecule has 0 radical (unpaired) electrons. The van der Waals surface area contributed by atoms with Crippen LogP contribution >= 0.6 is 24.0 Å². The monoisotopic (exact) mass is 489 g/mol. The van der Waals surface area contributed by atoms with Crippen LogP contribution in [0.3, 0.4) is 0 Å². The maximum Gasteiger partial charge on any atom is 0.191 e. The molecule has 1 aromatic rings. The minimum atomic E-state index is 0. The number of hydrogen-bond donors (Lipinski definition) is 2. The van der Waals surface area contributed by atoms with Crippen LogP contribution in [0.5, 0.6) is 0 Å². The molecule has 3 fully saturated rings. The van der Waals surface area contributed by atoms with Gasteiger partial charge in [0.05, 0.1) is 19.0 Å². The molecule has 2 saturated heterocycles. The topological polar surface area (TPSA) is 68.0 Å². The second-order valence-electron chi connectivity index (χ2n) is 8.36. The van der Waals surface area contributed by atoms with E-state index in [0.717, 1.165) is 63.9 Å². The quantitative estimate of drug-likeness (QED) is 0.366. The van der Waals surface area contributed by atoms with E-state index in [1.807, 2.05) is 12.1 Å². The lowest BCUT2D eigenvalue weighted by molar-refractivity contribution is -0.106. The third kappa shape index (κ3) is 4.62. The van der Waals surface area contributed by atoms with E-state index in [-0.39, 0.29) is 29.4 Å². The summed E-state index contributed by atoms with van der Waals surface area (Å²) >= 11 is 0. The summed E-state index contributed by atoms with van der Waals surface area (Å²) in [5.74, 6) is 3.04. The van der Waals surface area contributed by atoms with Crippen LogP contribution < -0.4 is 10.6 Å². The molecule has 2 aliphatic heterocycles. The fraction of sp³-hybridized carbons (Fsp3) is 0.750. The molecule has 1 aromatic heterocycles. The van der Waals surface area contributed by atoms with Gasteiger partial charge in [-0.1, -0.05) is 13.8 Å². The van der Waals surface area contributed by atoms with E-state index in [4.69, 9.17) is 18.9 Å². The Morgan fingerprint density at radius 3 is 2.93 bits per heavy atom. The lowest BCUT2D eigenvalue weighted by Crippen LogP contribution is -2.68. The van der Waals surface area contributed by atoms with Gasteiger partial charge in [-0.3, -0.25) is 4.99 Å². The van der Waals surface area contributed by atoms with E-state index < -0.39 is 0 Å². The van der Waals surface area contributed by atoms with Crippen molar-refractivity contribution < 1.29 is 13.9 Å². The van der Waals surface area contributed by atoms with E-state index >= 15 is 0 Å². The highest BCUT2D eigenvalue weighted by molar-refractivity contribution is 14.0. The van der Waals surface area contributed by atoms with Crippen LogP contribution in [-0.2, 0) is 15.9 Å². The molecule has 3 heterocycles. The third-order valence-corrected chi connectivity index (χ3v) is 6.17. The van der Waals surface area contributed by atoms with Crippen LogP contribution in [-0.4, -0.2) is 51.0 Å². The van der Waals surface area contributed by atoms with Gasteiger partial charge in [-0.2, -0.15) is 0 Å². The average Bonchev–Trinajstić information content (AvgIpc) is 3.38. The normalized spacial score (nSPS) is 31.7. The number of aliphatic imine (C=N–C) groups is 1. The molecule has 3 aliphatic rings. The molecule has 152 valence electrons. The molecule has 1 saturated carbocycles. The number of furan rings is 1. The number of guanidine groups is 1. The van der Waals surface area contributed by atoms with Gasteiger partial charge in [0, 0.05) is 56.0 Å². The van der Waals surface area contributed by atoms with E-state index in [2.05, 4.69) is 24.5 Å².